The summed E-state index contributed by atoms with van der Waals surface area (Å²) in [6, 6.07) is 17.9. The molecule has 0 bridgehead atoms. The van der Waals surface area contributed by atoms with Crippen LogP contribution in [0.3, 0.4) is 0 Å². The van der Waals surface area contributed by atoms with Gasteiger partial charge in [-0.15, -0.1) is 0 Å². The van der Waals surface area contributed by atoms with E-state index in [1.54, 1.807) is 6.07 Å². The lowest BCUT2D eigenvalue weighted by molar-refractivity contribution is 0.0995. The molecule has 0 atom stereocenters. The van der Waals surface area contributed by atoms with E-state index in [0.717, 1.165) is 22.1 Å². The van der Waals surface area contributed by atoms with Crippen molar-refractivity contribution in [3.8, 4) is 11.1 Å². The minimum atomic E-state index is -0.0440. The van der Waals surface area contributed by atoms with Crippen LogP contribution in [0.5, 0.6) is 0 Å². The lowest BCUT2D eigenvalue weighted by Crippen LogP contribution is -1.96. The highest BCUT2D eigenvalue weighted by Gasteiger charge is 2.11. The molecule has 0 aliphatic carbocycles. The van der Waals surface area contributed by atoms with E-state index in [4.69, 9.17) is 4.42 Å². The molecule has 0 radical (unpaired) electrons. The molecule has 94 valence electrons. The smallest absolute Gasteiger partial charge is 0.208 e. The summed E-state index contributed by atoms with van der Waals surface area (Å²) >= 11 is 3.15. The van der Waals surface area contributed by atoms with Gasteiger partial charge in [0, 0.05) is 5.39 Å². The average molecular weight is 315 g/mol. The zero-order chi connectivity index (χ0) is 13.2. The molecule has 0 N–H and O–H groups in total. The molecular formula is C16H11BrO2. The SMILES string of the molecule is O=C(CBr)c1cc2cc(-c3ccccc3)ccc2o1. The van der Waals surface area contributed by atoms with Crippen molar-refractivity contribution in [2.45, 2.75) is 0 Å². The monoisotopic (exact) mass is 314 g/mol. The standard InChI is InChI=1S/C16H11BrO2/c17-10-14(18)16-9-13-8-12(6-7-15(13)19-16)11-4-2-1-3-5-11/h1-9H,10H2. The highest BCUT2D eigenvalue weighted by Crippen LogP contribution is 2.26. The lowest BCUT2D eigenvalue weighted by Gasteiger charge is -2.00. The van der Waals surface area contributed by atoms with Crippen LogP contribution in [0.2, 0.25) is 0 Å². The Morgan fingerprint density at radius 1 is 1.00 bits per heavy atom. The Balaban J connectivity index is 2.09. The molecular weight excluding hydrogens is 304 g/mol. The van der Waals surface area contributed by atoms with Gasteiger partial charge in [-0.3, -0.25) is 4.79 Å². The van der Waals surface area contributed by atoms with Gasteiger partial charge in [-0.1, -0.05) is 52.3 Å². The Morgan fingerprint density at radius 2 is 1.79 bits per heavy atom. The van der Waals surface area contributed by atoms with Crippen LogP contribution in [0.1, 0.15) is 10.6 Å². The van der Waals surface area contributed by atoms with Gasteiger partial charge in [-0.2, -0.15) is 0 Å². The van der Waals surface area contributed by atoms with Crippen molar-refractivity contribution < 1.29 is 9.21 Å². The van der Waals surface area contributed by atoms with Crippen LogP contribution >= 0.6 is 15.9 Å². The Hall–Kier alpha value is -1.87. The van der Waals surface area contributed by atoms with E-state index in [-0.39, 0.29) is 11.1 Å². The van der Waals surface area contributed by atoms with Crippen molar-refractivity contribution in [2.75, 3.05) is 5.33 Å². The van der Waals surface area contributed by atoms with Crippen molar-refractivity contribution in [2.24, 2.45) is 0 Å². The summed E-state index contributed by atoms with van der Waals surface area (Å²) in [5.41, 5.74) is 3.01. The third kappa shape index (κ3) is 2.34. The lowest BCUT2D eigenvalue weighted by atomic mass is 10.0. The second-order valence-corrected chi connectivity index (χ2v) is 4.85. The second-order valence-electron chi connectivity index (χ2n) is 4.29. The average Bonchev–Trinajstić information content (AvgIpc) is 2.90. The molecule has 0 aliphatic rings. The van der Waals surface area contributed by atoms with Crippen LogP contribution in [-0.4, -0.2) is 11.1 Å². The van der Waals surface area contributed by atoms with E-state index >= 15 is 0 Å². The fourth-order valence-electron chi connectivity index (χ4n) is 2.06. The minimum Gasteiger partial charge on any atom is -0.453 e. The number of fused-ring (bicyclic) bond motifs is 1. The molecule has 1 aromatic heterocycles. The first-order chi connectivity index (χ1) is 9.28. The normalized spacial score (nSPS) is 10.8. The minimum absolute atomic E-state index is 0.0440. The Morgan fingerprint density at radius 3 is 2.53 bits per heavy atom. The second kappa shape index (κ2) is 5.02. The van der Waals surface area contributed by atoms with E-state index in [2.05, 4.69) is 28.1 Å². The Kier molecular flexibility index (Phi) is 3.22. The maximum absolute atomic E-state index is 11.6. The zero-order valence-corrected chi connectivity index (χ0v) is 11.7. The predicted molar refractivity (Wildman–Crippen MR) is 79.8 cm³/mol. The van der Waals surface area contributed by atoms with E-state index in [0.29, 0.717) is 5.76 Å². The molecule has 0 amide bonds. The number of rotatable bonds is 3. The number of benzene rings is 2. The summed E-state index contributed by atoms with van der Waals surface area (Å²) in [6.07, 6.45) is 0. The van der Waals surface area contributed by atoms with E-state index in [9.17, 15) is 4.79 Å². The van der Waals surface area contributed by atoms with Gasteiger partial charge < -0.3 is 4.42 Å². The van der Waals surface area contributed by atoms with Gasteiger partial charge in [0.15, 0.2) is 5.76 Å². The van der Waals surface area contributed by atoms with Crippen LogP contribution in [0, 0.1) is 0 Å². The van der Waals surface area contributed by atoms with Gasteiger partial charge >= 0.3 is 0 Å². The highest BCUT2D eigenvalue weighted by atomic mass is 79.9. The summed E-state index contributed by atoms with van der Waals surface area (Å²) < 4.78 is 5.53. The van der Waals surface area contributed by atoms with Crippen LogP contribution in [-0.2, 0) is 0 Å². The van der Waals surface area contributed by atoms with Crippen molar-refractivity contribution in [3.05, 3.63) is 60.4 Å². The van der Waals surface area contributed by atoms with E-state index in [1.165, 1.54) is 0 Å². The van der Waals surface area contributed by atoms with Crippen LogP contribution in [0.15, 0.2) is 59.0 Å². The zero-order valence-electron chi connectivity index (χ0n) is 10.1. The molecule has 0 fully saturated rings. The van der Waals surface area contributed by atoms with Gasteiger partial charge in [0.1, 0.15) is 5.58 Å². The number of alkyl halides is 1. The molecule has 0 aliphatic heterocycles. The van der Waals surface area contributed by atoms with Crippen LogP contribution in [0.4, 0.5) is 0 Å². The van der Waals surface area contributed by atoms with Gasteiger partial charge in [-0.25, -0.2) is 0 Å². The van der Waals surface area contributed by atoms with E-state index in [1.807, 2.05) is 36.4 Å². The maximum atomic E-state index is 11.6. The number of hydrogen-bond donors (Lipinski definition) is 0. The number of furan rings is 1. The summed E-state index contributed by atoms with van der Waals surface area (Å²) in [4.78, 5) is 11.6. The number of hydrogen-bond acceptors (Lipinski definition) is 2. The Bertz CT molecular complexity index is 729. The van der Waals surface area contributed by atoms with Crippen molar-refractivity contribution in [3.63, 3.8) is 0 Å². The molecule has 2 nitrogen and oxygen atoms in total. The summed E-state index contributed by atoms with van der Waals surface area (Å²) in [6.45, 7) is 0. The molecule has 19 heavy (non-hydrogen) atoms. The van der Waals surface area contributed by atoms with Crippen molar-refractivity contribution >= 4 is 32.7 Å². The van der Waals surface area contributed by atoms with Crippen molar-refractivity contribution in [1.82, 2.24) is 0 Å². The third-order valence-electron chi connectivity index (χ3n) is 3.02. The van der Waals surface area contributed by atoms with Gasteiger partial charge in [0.2, 0.25) is 5.78 Å². The van der Waals surface area contributed by atoms with E-state index < -0.39 is 0 Å². The number of halogens is 1. The summed E-state index contributed by atoms with van der Waals surface area (Å²) in [7, 11) is 0. The number of carbonyl (C=O) groups is 1. The van der Waals surface area contributed by atoms with Crippen LogP contribution in [0.25, 0.3) is 22.1 Å². The highest BCUT2D eigenvalue weighted by molar-refractivity contribution is 9.09. The number of ketones is 1. The fraction of sp³-hybridized carbons (Fsp3) is 0.0625. The van der Waals surface area contributed by atoms with Crippen molar-refractivity contribution in [1.29, 1.82) is 0 Å². The molecule has 0 saturated heterocycles. The molecule has 0 spiro atoms. The molecule has 3 aromatic rings. The molecule has 2 aromatic carbocycles. The molecule has 0 unspecified atom stereocenters. The maximum Gasteiger partial charge on any atom is 0.208 e. The first-order valence-corrected chi connectivity index (χ1v) is 7.08. The number of Topliss-reactive ketones (excluding diaryl/α,β-unsaturated/α-hetero) is 1. The summed E-state index contributed by atoms with van der Waals surface area (Å²) in [5, 5.41) is 1.23. The topological polar surface area (TPSA) is 30.2 Å². The fourth-order valence-corrected chi connectivity index (χ4v) is 2.33. The third-order valence-corrected chi connectivity index (χ3v) is 3.53. The molecule has 1 heterocycles. The van der Waals surface area contributed by atoms with Gasteiger partial charge in [0.05, 0.1) is 5.33 Å². The van der Waals surface area contributed by atoms with Crippen LogP contribution < -0.4 is 0 Å². The molecule has 0 saturated carbocycles. The Labute approximate surface area is 119 Å². The van der Waals surface area contributed by atoms with Gasteiger partial charge in [-0.05, 0) is 29.3 Å². The predicted octanol–water partition coefficient (Wildman–Crippen LogP) is 4.68. The summed E-state index contributed by atoms with van der Waals surface area (Å²) in [5.74, 6) is 0.356. The first kappa shape index (κ1) is 12.2. The number of carbonyl (C=O) groups excluding carboxylic acids is 1. The van der Waals surface area contributed by atoms with Gasteiger partial charge in [0.25, 0.3) is 0 Å². The quantitative estimate of drug-likeness (QED) is 0.519. The first-order valence-electron chi connectivity index (χ1n) is 5.96. The largest absolute Gasteiger partial charge is 0.453 e. The molecule has 3 rings (SSSR count). The molecule has 3 heteroatoms.